The summed E-state index contributed by atoms with van der Waals surface area (Å²) >= 11 is 0. The highest BCUT2D eigenvalue weighted by atomic mass is 16.4. The molecule has 33 heavy (non-hydrogen) atoms. The minimum Gasteiger partial charge on any atom is -0.436 e. The van der Waals surface area contributed by atoms with Crippen molar-refractivity contribution in [1.29, 1.82) is 0 Å². The van der Waals surface area contributed by atoms with Gasteiger partial charge in [-0.05, 0) is 43.7 Å². The number of carbonyl (C=O) groups excluding carboxylic acids is 1. The van der Waals surface area contributed by atoms with Crippen molar-refractivity contribution >= 4 is 11.6 Å². The average molecular weight is 438 g/mol. The number of hydrogen-bond donors (Lipinski definition) is 0. The molecule has 5 rings (SSSR count). The number of anilines is 1. The maximum Gasteiger partial charge on any atom is 0.254 e. The Hall–Kier alpha value is -3.86. The van der Waals surface area contributed by atoms with E-state index < -0.39 is 0 Å². The largest absolute Gasteiger partial charge is 0.436 e. The van der Waals surface area contributed by atoms with E-state index in [4.69, 9.17) is 4.42 Å². The van der Waals surface area contributed by atoms with Crippen LogP contribution in [0, 0.1) is 13.8 Å². The monoisotopic (exact) mass is 437 g/mol. The van der Waals surface area contributed by atoms with Crippen LogP contribution in [-0.4, -0.2) is 42.0 Å². The Labute approximate surface area is 194 Å². The lowest BCUT2D eigenvalue weighted by molar-refractivity contribution is 0.0747. The zero-order valence-electron chi connectivity index (χ0n) is 19.0. The van der Waals surface area contributed by atoms with Crippen LogP contribution in [-0.2, 0) is 0 Å². The molecular weight excluding hydrogens is 410 g/mol. The van der Waals surface area contributed by atoms with Crippen LogP contribution in [0.3, 0.4) is 0 Å². The topological polar surface area (TPSA) is 49.6 Å². The second-order valence-corrected chi connectivity index (χ2v) is 8.56. The van der Waals surface area contributed by atoms with Crippen molar-refractivity contribution in [2.75, 3.05) is 31.1 Å². The number of benzene rings is 3. The first kappa shape index (κ1) is 21.0. The summed E-state index contributed by atoms with van der Waals surface area (Å²) in [5, 5.41) is 0. The standard InChI is InChI=1S/C28H27N3O2/c1-20-10-12-22(13-11-20)26-19-29-27(33-26)24-8-3-4-9-25(24)28(32)31-16-14-30(15-17-31)23-7-5-6-21(2)18-23/h3-13,18-19H,14-17H2,1-2H3. The third-order valence-corrected chi connectivity index (χ3v) is 6.16. The molecule has 1 fully saturated rings. The van der Waals surface area contributed by atoms with Crippen molar-refractivity contribution in [1.82, 2.24) is 9.88 Å². The molecule has 4 aromatic rings. The van der Waals surface area contributed by atoms with Gasteiger partial charge in [0, 0.05) is 43.0 Å². The van der Waals surface area contributed by atoms with Gasteiger partial charge in [0.15, 0.2) is 5.76 Å². The molecule has 1 aromatic heterocycles. The van der Waals surface area contributed by atoms with Crippen molar-refractivity contribution in [3.8, 4) is 22.8 Å². The number of hydrogen-bond acceptors (Lipinski definition) is 4. The summed E-state index contributed by atoms with van der Waals surface area (Å²) in [4.78, 5) is 22.2. The molecule has 3 aromatic carbocycles. The van der Waals surface area contributed by atoms with Gasteiger partial charge in [-0.2, -0.15) is 0 Å². The zero-order chi connectivity index (χ0) is 22.8. The van der Waals surface area contributed by atoms with Crippen LogP contribution in [0.5, 0.6) is 0 Å². The Morgan fingerprint density at radius 3 is 2.36 bits per heavy atom. The van der Waals surface area contributed by atoms with Crippen LogP contribution < -0.4 is 4.90 Å². The van der Waals surface area contributed by atoms with Crippen LogP contribution in [0.2, 0.25) is 0 Å². The highest BCUT2D eigenvalue weighted by Gasteiger charge is 2.25. The Morgan fingerprint density at radius 1 is 0.848 bits per heavy atom. The number of aromatic nitrogens is 1. The van der Waals surface area contributed by atoms with Gasteiger partial charge in [0.2, 0.25) is 5.89 Å². The van der Waals surface area contributed by atoms with Gasteiger partial charge in [-0.1, -0.05) is 54.1 Å². The van der Waals surface area contributed by atoms with E-state index in [2.05, 4.69) is 48.0 Å². The van der Waals surface area contributed by atoms with E-state index in [1.807, 2.05) is 53.4 Å². The molecule has 0 N–H and O–H groups in total. The lowest BCUT2D eigenvalue weighted by Crippen LogP contribution is -2.48. The maximum atomic E-state index is 13.4. The SMILES string of the molecule is Cc1ccc(-c2cnc(-c3ccccc3C(=O)N3CCN(c4cccc(C)c4)CC3)o2)cc1. The van der Waals surface area contributed by atoms with E-state index in [9.17, 15) is 4.79 Å². The van der Waals surface area contributed by atoms with Gasteiger partial charge in [-0.15, -0.1) is 0 Å². The molecule has 5 nitrogen and oxygen atoms in total. The van der Waals surface area contributed by atoms with E-state index in [-0.39, 0.29) is 5.91 Å². The fourth-order valence-electron chi connectivity index (χ4n) is 4.27. The highest BCUT2D eigenvalue weighted by molar-refractivity contribution is 6.00. The molecular formula is C28H27N3O2. The Balaban J connectivity index is 1.34. The van der Waals surface area contributed by atoms with Gasteiger partial charge in [-0.25, -0.2) is 4.98 Å². The van der Waals surface area contributed by atoms with Crippen molar-refractivity contribution in [2.45, 2.75) is 13.8 Å². The molecule has 1 aliphatic heterocycles. The Bertz CT molecular complexity index is 1270. The summed E-state index contributed by atoms with van der Waals surface area (Å²) in [7, 11) is 0. The number of aryl methyl sites for hydroxylation is 2. The van der Waals surface area contributed by atoms with E-state index in [0.717, 1.165) is 24.2 Å². The normalized spacial score (nSPS) is 13.9. The Morgan fingerprint density at radius 2 is 1.61 bits per heavy atom. The van der Waals surface area contributed by atoms with Gasteiger partial charge in [-0.3, -0.25) is 4.79 Å². The van der Waals surface area contributed by atoms with Crippen LogP contribution in [0.15, 0.2) is 83.4 Å². The number of piperazine rings is 1. The number of amides is 1. The predicted molar refractivity (Wildman–Crippen MR) is 131 cm³/mol. The molecule has 1 amide bonds. The van der Waals surface area contributed by atoms with Gasteiger partial charge < -0.3 is 14.2 Å². The van der Waals surface area contributed by atoms with Crippen LogP contribution in [0.4, 0.5) is 5.69 Å². The third-order valence-electron chi connectivity index (χ3n) is 6.16. The van der Waals surface area contributed by atoms with Gasteiger partial charge in [0.1, 0.15) is 0 Å². The summed E-state index contributed by atoms with van der Waals surface area (Å²) < 4.78 is 6.07. The highest BCUT2D eigenvalue weighted by Crippen LogP contribution is 2.29. The number of carbonyl (C=O) groups is 1. The van der Waals surface area contributed by atoms with Crippen molar-refractivity contribution < 1.29 is 9.21 Å². The van der Waals surface area contributed by atoms with Crippen LogP contribution in [0.1, 0.15) is 21.5 Å². The van der Waals surface area contributed by atoms with E-state index >= 15 is 0 Å². The summed E-state index contributed by atoms with van der Waals surface area (Å²) in [6, 6.07) is 24.2. The minimum atomic E-state index is 0.0181. The first-order valence-electron chi connectivity index (χ1n) is 11.3. The van der Waals surface area contributed by atoms with E-state index in [1.165, 1.54) is 16.8 Å². The predicted octanol–water partition coefficient (Wildman–Crippen LogP) is 5.59. The molecule has 1 aliphatic rings. The molecule has 0 unspecified atom stereocenters. The lowest BCUT2D eigenvalue weighted by atomic mass is 10.1. The van der Waals surface area contributed by atoms with Gasteiger partial charge >= 0.3 is 0 Å². The number of nitrogens with zero attached hydrogens (tertiary/aromatic N) is 3. The second kappa shape index (κ2) is 8.94. The first-order chi connectivity index (χ1) is 16.1. The summed E-state index contributed by atoms with van der Waals surface area (Å²) in [5.74, 6) is 1.18. The molecule has 0 aliphatic carbocycles. The average Bonchev–Trinajstić information content (AvgIpc) is 3.34. The van der Waals surface area contributed by atoms with Crippen molar-refractivity contribution in [3.05, 3.63) is 95.7 Å². The molecule has 0 bridgehead atoms. The Kier molecular flexibility index (Phi) is 5.69. The van der Waals surface area contributed by atoms with E-state index in [0.29, 0.717) is 30.3 Å². The number of oxazole rings is 1. The molecule has 5 heteroatoms. The van der Waals surface area contributed by atoms with Crippen LogP contribution >= 0.6 is 0 Å². The molecule has 166 valence electrons. The fraction of sp³-hybridized carbons (Fsp3) is 0.214. The van der Waals surface area contributed by atoms with E-state index in [1.54, 1.807) is 6.20 Å². The quantitative estimate of drug-likeness (QED) is 0.418. The molecule has 2 heterocycles. The zero-order valence-corrected chi connectivity index (χ0v) is 19.0. The molecule has 0 atom stereocenters. The first-order valence-corrected chi connectivity index (χ1v) is 11.3. The molecule has 0 radical (unpaired) electrons. The fourth-order valence-corrected chi connectivity index (χ4v) is 4.27. The van der Waals surface area contributed by atoms with Crippen molar-refractivity contribution in [2.24, 2.45) is 0 Å². The molecule has 0 saturated carbocycles. The maximum absolute atomic E-state index is 13.4. The summed E-state index contributed by atoms with van der Waals surface area (Å²) in [6.07, 6.45) is 1.72. The third kappa shape index (κ3) is 4.40. The number of rotatable bonds is 4. The summed E-state index contributed by atoms with van der Waals surface area (Å²) in [6.45, 7) is 7.15. The van der Waals surface area contributed by atoms with Gasteiger partial charge in [0.25, 0.3) is 5.91 Å². The molecule has 1 saturated heterocycles. The van der Waals surface area contributed by atoms with Crippen LogP contribution in [0.25, 0.3) is 22.8 Å². The lowest BCUT2D eigenvalue weighted by Gasteiger charge is -2.36. The minimum absolute atomic E-state index is 0.0181. The molecule has 0 spiro atoms. The summed E-state index contributed by atoms with van der Waals surface area (Å²) in [5.41, 5.74) is 5.97. The smallest absolute Gasteiger partial charge is 0.254 e. The second-order valence-electron chi connectivity index (χ2n) is 8.56. The van der Waals surface area contributed by atoms with Crippen molar-refractivity contribution in [3.63, 3.8) is 0 Å². The van der Waals surface area contributed by atoms with Gasteiger partial charge in [0.05, 0.1) is 11.8 Å².